The van der Waals surface area contributed by atoms with E-state index >= 15 is 0 Å². The molecule has 1 aliphatic rings. The highest BCUT2D eigenvalue weighted by Crippen LogP contribution is 2.41. The quantitative estimate of drug-likeness (QED) is 0.674. The first kappa shape index (κ1) is 12.2. The molecule has 0 atom stereocenters. The van der Waals surface area contributed by atoms with Crippen LogP contribution in [0.1, 0.15) is 37.0 Å². The Balaban J connectivity index is 2.21. The summed E-state index contributed by atoms with van der Waals surface area (Å²) in [6.07, 6.45) is 3.11. The predicted octanol–water partition coefficient (Wildman–Crippen LogP) is 4.94. The second-order valence-corrected chi connectivity index (χ2v) is 5.73. The van der Waals surface area contributed by atoms with E-state index in [-0.39, 0.29) is 11.2 Å². The molecular weight excluding hydrogens is 235 g/mol. The van der Waals surface area contributed by atoms with Gasteiger partial charge >= 0.3 is 0 Å². The van der Waals surface area contributed by atoms with Crippen LogP contribution in [0.3, 0.4) is 0 Å². The third-order valence-electron chi connectivity index (χ3n) is 3.93. The van der Waals surface area contributed by atoms with Crippen LogP contribution in [0.5, 0.6) is 0 Å². The fourth-order valence-electron chi connectivity index (χ4n) is 2.82. The number of fused-ring (bicyclic) bond motifs is 1. The minimum Gasteiger partial charge on any atom is -0.206 e. The summed E-state index contributed by atoms with van der Waals surface area (Å²) < 4.78 is 14.0. The smallest absolute Gasteiger partial charge is 0.131 e. The van der Waals surface area contributed by atoms with Crippen molar-refractivity contribution in [2.45, 2.75) is 25.7 Å². The van der Waals surface area contributed by atoms with Crippen molar-refractivity contribution in [2.75, 3.05) is 0 Å². The molecule has 0 nitrogen and oxygen atoms in total. The van der Waals surface area contributed by atoms with Gasteiger partial charge in [0.05, 0.1) is 0 Å². The van der Waals surface area contributed by atoms with E-state index in [2.05, 4.69) is 38.1 Å². The maximum Gasteiger partial charge on any atom is 0.131 e. The van der Waals surface area contributed by atoms with Crippen LogP contribution in [0.4, 0.5) is 4.39 Å². The van der Waals surface area contributed by atoms with Crippen LogP contribution in [0, 0.1) is 5.82 Å². The second kappa shape index (κ2) is 4.34. The van der Waals surface area contributed by atoms with Crippen molar-refractivity contribution in [3.63, 3.8) is 0 Å². The molecule has 0 saturated heterocycles. The lowest BCUT2D eigenvalue weighted by atomic mass is 9.72. The minimum atomic E-state index is -0.150. The molecule has 0 aliphatic heterocycles. The molecule has 0 spiro atoms. The number of hydrogen-bond donors (Lipinski definition) is 0. The molecular formula is C18H17F. The zero-order chi connectivity index (χ0) is 13.5. The summed E-state index contributed by atoms with van der Waals surface area (Å²) in [7, 11) is 0. The van der Waals surface area contributed by atoms with Crippen LogP contribution >= 0.6 is 0 Å². The van der Waals surface area contributed by atoms with Crippen LogP contribution in [-0.2, 0) is 5.41 Å². The Kier molecular flexibility index (Phi) is 2.78. The molecule has 0 unspecified atom stereocenters. The zero-order valence-electron chi connectivity index (χ0n) is 11.3. The molecule has 0 N–H and O–H groups in total. The molecule has 2 aromatic rings. The van der Waals surface area contributed by atoms with Crippen molar-refractivity contribution in [1.29, 1.82) is 0 Å². The number of allylic oxidation sites excluding steroid dienone is 1. The first-order chi connectivity index (χ1) is 9.09. The average molecular weight is 252 g/mol. The molecule has 0 saturated carbocycles. The Morgan fingerprint density at radius 2 is 1.53 bits per heavy atom. The summed E-state index contributed by atoms with van der Waals surface area (Å²) in [5, 5.41) is 0. The Morgan fingerprint density at radius 1 is 0.895 bits per heavy atom. The van der Waals surface area contributed by atoms with Gasteiger partial charge in [-0.05, 0) is 34.6 Å². The van der Waals surface area contributed by atoms with E-state index in [4.69, 9.17) is 0 Å². The van der Waals surface area contributed by atoms with Crippen molar-refractivity contribution in [1.82, 2.24) is 0 Å². The normalized spacial score (nSPS) is 16.7. The first-order valence-corrected chi connectivity index (χ1v) is 6.64. The van der Waals surface area contributed by atoms with E-state index in [0.29, 0.717) is 5.56 Å². The van der Waals surface area contributed by atoms with Crippen LogP contribution in [0.2, 0.25) is 0 Å². The summed E-state index contributed by atoms with van der Waals surface area (Å²) >= 11 is 0. The van der Waals surface area contributed by atoms with Gasteiger partial charge in [0.1, 0.15) is 5.82 Å². The third kappa shape index (κ3) is 1.99. The van der Waals surface area contributed by atoms with Crippen LogP contribution in [0.25, 0.3) is 5.57 Å². The average Bonchev–Trinajstić information content (AvgIpc) is 2.41. The van der Waals surface area contributed by atoms with E-state index in [1.54, 1.807) is 6.07 Å². The van der Waals surface area contributed by atoms with Gasteiger partial charge in [0.25, 0.3) is 0 Å². The standard InChI is InChI=1S/C18H17F/c1-18(2)12-11-13(14-7-3-5-9-16(14)18)15-8-4-6-10-17(15)19/h3-11H,12H2,1-2H3. The van der Waals surface area contributed by atoms with Gasteiger partial charge < -0.3 is 0 Å². The largest absolute Gasteiger partial charge is 0.206 e. The third-order valence-corrected chi connectivity index (χ3v) is 3.93. The molecule has 1 heteroatoms. The molecule has 0 heterocycles. The maximum absolute atomic E-state index is 14.0. The van der Waals surface area contributed by atoms with E-state index in [9.17, 15) is 4.39 Å². The van der Waals surface area contributed by atoms with Gasteiger partial charge in [-0.25, -0.2) is 4.39 Å². The van der Waals surface area contributed by atoms with Gasteiger partial charge in [-0.3, -0.25) is 0 Å². The fourth-order valence-corrected chi connectivity index (χ4v) is 2.82. The Morgan fingerprint density at radius 3 is 2.26 bits per heavy atom. The van der Waals surface area contributed by atoms with Crippen LogP contribution < -0.4 is 0 Å². The molecule has 19 heavy (non-hydrogen) atoms. The van der Waals surface area contributed by atoms with Gasteiger partial charge in [0, 0.05) is 5.56 Å². The van der Waals surface area contributed by atoms with Crippen molar-refractivity contribution >= 4 is 5.57 Å². The highest BCUT2D eigenvalue weighted by Gasteiger charge is 2.28. The SMILES string of the molecule is CC1(C)CC=C(c2ccccc2F)c2ccccc21. The minimum absolute atomic E-state index is 0.116. The highest BCUT2D eigenvalue weighted by molar-refractivity contribution is 5.83. The summed E-state index contributed by atoms with van der Waals surface area (Å²) in [5.41, 5.74) is 4.30. The van der Waals surface area contributed by atoms with Gasteiger partial charge in [0.2, 0.25) is 0 Å². The second-order valence-electron chi connectivity index (χ2n) is 5.73. The monoisotopic (exact) mass is 252 g/mol. The predicted molar refractivity (Wildman–Crippen MR) is 77.6 cm³/mol. The number of rotatable bonds is 1. The zero-order valence-corrected chi connectivity index (χ0v) is 11.3. The van der Waals surface area contributed by atoms with Gasteiger partial charge in [0.15, 0.2) is 0 Å². The summed E-state index contributed by atoms with van der Waals surface area (Å²) in [6.45, 7) is 4.47. The molecule has 0 amide bonds. The summed E-state index contributed by atoms with van der Waals surface area (Å²) in [6, 6.07) is 15.3. The van der Waals surface area contributed by atoms with Crippen molar-refractivity contribution in [3.8, 4) is 0 Å². The van der Waals surface area contributed by atoms with Gasteiger partial charge in [-0.1, -0.05) is 62.4 Å². The number of benzene rings is 2. The Hall–Kier alpha value is -1.89. The van der Waals surface area contributed by atoms with Crippen molar-refractivity contribution in [3.05, 3.63) is 77.1 Å². The molecule has 3 rings (SSSR count). The Labute approximate surface area is 113 Å². The van der Waals surface area contributed by atoms with Crippen molar-refractivity contribution < 1.29 is 4.39 Å². The maximum atomic E-state index is 14.0. The number of halogens is 1. The molecule has 0 radical (unpaired) electrons. The lowest BCUT2D eigenvalue weighted by Crippen LogP contribution is -2.21. The first-order valence-electron chi connectivity index (χ1n) is 6.64. The highest BCUT2D eigenvalue weighted by atomic mass is 19.1. The van der Waals surface area contributed by atoms with E-state index in [0.717, 1.165) is 17.6 Å². The van der Waals surface area contributed by atoms with E-state index in [1.165, 1.54) is 11.6 Å². The molecule has 0 bridgehead atoms. The number of hydrogen-bond acceptors (Lipinski definition) is 0. The Bertz CT molecular complexity index is 650. The lowest BCUT2D eigenvalue weighted by Gasteiger charge is -2.32. The molecule has 0 fully saturated rings. The summed E-state index contributed by atoms with van der Waals surface area (Å²) in [4.78, 5) is 0. The van der Waals surface area contributed by atoms with Crippen LogP contribution in [0.15, 0.2) is 54.6 Å². The molecule has 0 aromatic heterocycles. The van der Waals surface area contributed by atoms with Gasteiger partial charge in [-0.15, -0.1) is 0 Å². The topological polar surface area (TPSA) is 0 Å². The van der Waals surface area contributed by atoms with Crippen LogP contribution in [-0.4, -0.2) is 0 Å². The van der Waals surface area contributed by atoms with E-state index < -0.39 is 0 Å². The summed E-state index contributed by atoms with van der Waals surface area (Å²) in [5.74, 6) is -0.150. The van der Waals surface area contributed by atoms with Gasteiger partial charge in [-0.2, -0.15) is 0 Å². The molecule has 2 aromatic carbocycles. The molecule has 96 valence electrons. The molecule has 1 aliphatic carbocycles. The van der Waals surface area contributed by atoms with E-state index in [1.807, 2.05) is 18.2 Å². The van der Waals surface area contributed by atoms with Crippen molar-refractivity contribution in [2.24, 2.45) is 0 Å². The lowest BCUT2D eigenvalue weighted by molar-refractivity contribution is 0.526. The fraction of sp³-hybridized carbons (Fsp3) is 0.222.